The number of benzene rings is 1. The summed E-state index contributed by atoms with van der Waals surface area (Å²) in [6, 6.07) is 5.31. The predicted octanol–water partition coefficient (Wildman–Crippen LogP) is 1.87. The monoisotopic (exact) mass is 224 g/mol. The van der Waals surface area contributed by atoms with E-state index in [0.717, 1.165) is 21.6 Å². The quantitative estimate of drug-likeness (QED) is 0.864. The van der Waals surface area contributed by atoms with Crippen molar-refractivity contribution in [3.63, 3.8) is 0 Å². The third-order valence-corrected chi connectivity index (χ3v) is 2.83. The number of hydrogen-bond donors (Lipinski definition) is 1. The summed E-state index contributed by atoms with van der Waals surface area (Å²) in [4.78, 5) is 21.0. The number of aliphatic carboxylic acids is 1. The maximum Gasteiger partial charge on any atom is 0.396 e. The van der Waals surface area contributed by atoms with Gasteiger partial charge in [-0.2, -0.15) is 0 Å². The van der Waals surface area contributed by atoms with Gasteiger partial charge in [0, 0.05) is 6.42 Å². The zero-order chi connectivity index (χ0) is 10.8. The maximum atomic E-state index is 10.9. The van der Waals surface area contributed by atoms with E-state index in [2.05, 4.69) is 0 Å². The molecule has 0 spiro atoms. The Morgan fingerprint density at radius 3 is 3.00 bits per heavy atom. The van der Waals surface area contributed by atoms with Crippen LogP contribution in [0.5, 0.6) is 0 Å². The first-order valence-corrected chi connectivity index (χ1v) is 5.21. The molecule has 5 heteroatoms. The van der Waals surface area contributed by atoms with Gasteiger partial charge >= 0.3 is 10.9 Å². The molecular formula is C10H8O4S. The van der Waals surface area contributed by atoms with Crippen molar-refractivity contribution in [1.82, 2.24) is 0 Å². The molecule has 0 unspecified atom stereocenters. The SMILES string of the molecule is O=C(O)CCc1ccc2sc(=O)oc2c1. The number of carbonyl (C=O) groups is 1. The maximum absolute atomic E-state index is 10.9. The van der Waals surface area contributed by atoms with Crippen LogP contribution in [0, 0.1) is 0 Å². The van der Waals surface area contributed by atoms with Crippen molar-refractivity contribution >= 4 is 27.6 Å². The van der Waals surface area contributed by atoms with Gasteiger partial charge in [0.25, 0.3) is 0 Å². The van der Waals surface area contributed by atoms with E-state index in [1.807, 2.05) is 6.07 Å². The van der Waals surface area contributed by atoms with Crippen LogP contribution in [0.3, 0.4) is 0 Å². The van der Waals surface area contributed by atoms with Gasteiger partial charge in [-0.3, -0.25) is 4.79 Å². The van der Waals surface area contributed by atoms with Crippen molar-refractivity contribution in [2.24, 2.45) is 0 Å². The lowest BCUT2D eigenvalue weighted by Gasteiger charge is -1.97. The topological polar surface area (TPSA) is 67.5 Å². The van der Waals surface area contributed by atoms with Crippen molar-refractivity contribution in [1.29, 1.82) is 0 Å². The fraction of sp³-hybridized carbons (Fsp3) is 0.200. The molecule has 1 heterocycles. The van der Waals surface area contributed by atoms with Gasteiger partial charge in [0.05, 0.1) is 4.70 Å². The zero-order valence-electron chi connectivity index (χ0n) is 7.73. The first-order valence-electron chi connectivity index (χ1n) is 4.39. The number of hydrogen-bond acceptors (Lipinski definition) is 4. The highest BCUT2D eigenvalue weighted by Gasteiger charge is 2.04. The minimum atomic E-state index is -0.832. The average molecular weight is 224 g/mol. The fourth-order valence-corrected chi connectivity index (χ4v) is 1.97. The molecule has 2 aromatic rings. The van der Waals surface area contributed by atoms with Gasteiger partial charge in [-0.15, -0.1) is 0 Å². The second-order valence-corrected chi connectivity index (χ2v) is 4.11. The summed E-state index contributed by atoms with van der Waals surface area (Å²) in [5.74, 6) is -0.832. The van der Waals surface area contributed by atoms with Crippen molar-refractivity contribution < 1.29 is 14.3 Å². The summed E-state index contributed by atoms with van der Waals surface area (Å²) >= 11 is 1.05. The molecule has 0 fully saturated rings. The lowest BCUT2D eigenvalue weighted by molar-refractivity contribution is -0.136. The van der Waals surface area contributed by atoms with E-state index in [1.165, 1.54) is 0 Å². The van der Waals surface area contributed by atoms with Crippen LogP contribution < -0.4 is 4.94 Å². The van der Waals surface area contributed by atoms with Crippen LogP contribution in [0.15, 0.2) is 27.4 Å². The van der Waals surface area contributed by atoms with Gasteiger partial charge in [0.1, 0.15) is 5.58 Å². The van der Waals surface area contributed by atoms with E-state index in [9.17, 15) is 9.59 Å². The van der Waals surface area contributed by atoms with Gasteiger partial charge in [0.15, 0.2) is 0 Å². The van der Waals surface area contributed by atoms with Crippen molar-refractivity contribution in [3.05, 3.63) is 33.5 Å². The molecule has 1 aromatic carbocycles. The molecule has 0 aliphatic heterocycles. The minimum Gasteiger partial charge on any atom is -0.481 e. The van der Waals surface area contributed by atoms with Crippen LogP contribution in [0.1, 0.15) is 12.0 Å². The summed E-state index contributed by atoms with van der Waals surface area (Å²) in [6.07, 6.45) is 0.532. The van der Waals surface area contributed by atoms with Gasteiger partial charge in [-0.1, -0.05) is 17.4 Å². The number of carboxylic acids is 1. The summed E-state index contributed by atoms with van der Waals surface area (Å²) in [6.45, 7) is 0. The Bertz CT molecular complexity index is 552. The van der Waals surface area contributed by atoms with Gasteiger partial charge in [0.2, 0.25) is 0 Å². The standard InChI is InChI=1S/C10H8O4S/c11-9(12)4-2-6-1-3-8-7(5-6)14-10(13)15-8/h1,3,5H,2,4H2,(H,11,12). The molecule has 4 nitrogen and oxygen atoms in total. The molecule has 0 atom stereocenters. The molecule has 0 bridgehead atoms. The summed E-state index contributed by atoms with van der Waals surface area (Å²) < 4.78 is 5.72. The predicted molar refractivity (Wildman–Crippen MR) is 56.3 cm³/mol. The summed E-state index contributed by atoms with van der Waals surface area (Å²) in [5.41, 5.74) is 1.40. The molecule has 0 saturated heterocycles. The second kappa shape index (κ2) is 3.86. The van der Waals surface area contributed by atoms with Crippen LogP contribution in [0.2, 0.25) is 0 Å². The Hall–Kier alpha value is -1.62. The third kappa shape index (κ3) is 2.24. The van der Waals surface area contributed by atoms with E-state index in [0.29, 0.717) is 12.0 Å². The minimum absolute atomic E-state index is 0.0832. The molecule has 15 heavy (non-hydrogen) atoms. The largest absolute Gasteiger partial charge is 0.481 e. The Kier molecular flexibility index (Phi) is 2.55. The Morgan fingerprint density at radius 1 is 1.47 bits per heavy atom. The Morgan fingerprint density at radius 2 is 2.27 bits per heavy atom. The Labute approximate surface area is 88.8 Å². The first kappa shape index (κ1) is 9.92. The fourth-order valence-electron chi connectivity index (χ4n) is 1.32. The summed E-state index contributed by atoms with van der Waals surface area (Å²) in [7, 11) is 0. The lowest BCUT2D eigenvalue weighted by atomic mass is 10.1. The molecule has 0 aliphatic rings. The van der Waals surface area contributed by atoms with Crippen molar-refractivity contribution in [2.45, 2.75) is 12.8 Å². The number of carboxylic acid groups (broad SMARTS) is 1. The summed E-state index contributed by atoms with van der Waals surface area (Å²) in [5, 5.41) is 8.52. The van der Waals surface area contributed by atoms with E-state index in [1.54, 1.807) is 12.1 Å². The average Bonchev–Trinajstić information content (AvgIpc) is 2.53. The van der Waals surface area contributed by atoms with Crippen LogP contribution in [-0.2, 0) is 11.2 Å². The molecule has 0 radical (unpaired) electrons. The van der Waals surface area contributed by atoms with Crippen LogP contribution >= 0.6 is 11.3 Å². The van der Waals surface area contributed by atoms with E-state index < -0.39 is 5.97 Å². The zero-order valence-corrected chi connectivity index (χ0v) is 8.54. The van der Waals surface area contributed by atoms with Crippen LogP contribution in [0.25, 0.3) is 10.3 Å². The van der Waals surface area contributed by atoms with Crippen molar-refractivity contribution in [3.8, 4) is 0 Å². The van der Waals surface area contributed by atoms with Gasteiger partial charge in [-0.25, -0.2) is 4.79 Å². The highest BCUT2D eigenvalue weighted by molar-refractivity contribution is 7.16. The van der Waals surface area contributed by atoms with Gasteiger partial charge < -0.3 is 9.52 Å². The molecule has 1 N–H and O–H groups in total. The number of rotatable bonds is 3. The van der Waals surface area contributed by atoms with Crippen molar-refractivity contribution in [2.75, 3.05) is 0 Å². The van der Waals surface area contributed by atoms with E-state index >= 15 is 0 Å². The molecule has 0 amide bonds. The highest BCUT2D eigenvalue weighted by atomic mass is 32.1. The Balaban J connectivity index is 2.30. The highest BCUT2D eigenvalue weighted by Crippen LogP contribution is 2.19. The molecule has 0 saturated carbocycles. The lowest BCUT2D eigenvalue weighted by Crippen LogP contribution is -1.96. The van der Waals surface area contributed by atoms with E-state index in [-0.39, 0.29) is 11.4 Å². The molecule has 0 aliphatic carbocycles. The number of fused-ring (bicyclic) bond motifs is 1. The molecule has 1 aromatic heterocycles. The van der Waals surface area contributed by atoms with E-state index in [4.69, 9.17) is 9.52 Å². The number of aryl methyl sites for hydroxylation is 1. The second-order valence-electron chi connectivity index (χ2n) is 3.13. The van der Waals surface area contributed by atoms with Gasteiger partial charge in [-0.05, 0) is 24.1 Å². The molecular weight excluding hydrogens is 216 g/mol. The molecule has 78 valence electrons. The van der Waals surface area contributed by atoms with Crippen LogP contribution in [-0.4, -0.2) is 11.1 Å². The third-order valence-electron chi connectivity index (χ3n) is 2.02. The van der Waals surface area contributed by atoms with Crippen LogP contribution in [0.4, 0.5) is 0 Å². The normalized spacial score (nSPS) is 10.7. The smallest absolute Gasteiger partial charge is 0.396 e. The molecule has 2 rings (SSSR count). The first-order chi connectivity index (χ1) is 7.15.